The normalized spacial score (nSPS) is 16.8. The average Bonchev–Trinajstić information content (AvgIpc) is 3.07. The van der Waals surface area contributed by atoms with E-state index in [1.807, 2.05) is 19.9 Å². The number of aliphatic hydroxyl groups is 1. The lowest BCUT2D eigenvalue weighted by Gasteiger charge is -2.25. The number of hydrogen-bond donors (Lipinski definition) is 1. The molecule has 7 nitrogen and oxygen atoms in total. The van der Waals surface area contributed by atoms with Gasteiger partial charge in [0.25, 0.3) is 11.3 Å². The second-order valence-corrected chi connectivity index (χ2v) is 7.54. The summed E-state index contributed by atoms with van der Waals surface area (Å²) in [5.74, 6) is 1.76. The molecular formula is C18H23N5O2. The Labute approximate surface area is 145 Å². The van der Waals surface area contributed by atoms with Crippen LogP contribution in [0.15, 0.2) is 23.3 Å². The molecule has 1 fully saturated rings. The van der Waals surface area contributed by atoms with E-state index in [0.29, 0.717) is 22.6 Å². The summed E-state index contributed by atoms with van der Waals surface area (Å²) in [7, 11) is 0. The first-order chi connectivity index (χ1) is 12.0. The second kappa shape index (κ2) is 5.91. The third-order valence-corrected chi connectivity index (χ3v) is 5.26. The minimum atomic E-state index is -0.671. The first-order valence-electron chi connectivity index (χ1n) is 8.90. The number of aromatic nitrogens is 5. The molecule has 0 bridgehead atoms. The van der Waals surface area contributed by atoms with Crippen LogP contribution in [-0.4, -0.2) is 35.9 Å². The molecular weight excluding hydrogens is 318 g/mol. The van der Waals surface area contributed by atoms with Crippen molar-refractivity contribution in [2.45, 2.75) is 57.4 Å². The fourth-order valence-corrected chi connectivity index (χ4v) is 3.62. The fourth-order valence-electron chi connectivity index (χ4n) is 3.62. The van der Waals surface area contributed by atoms with Crippen LogP contribution in [0.5, 0.6) is 0 Å². The molecule has 0 radical (unpaired) electrons. The van der Waals surface area contributed by atoms with Crippen LogP contribution in [0.2, 0.25) is 0 Å². The van der Waals surface area contributed by atoms with Crippen molar-refractivity contribution in [2.75, 3.05) is 6.61 Å². The molecule has 0 amide bonds. The zero-order valence-electron chi connectivity index (χ0n) is 14.6. The first kappa shape index (κ1) is 16.2. The van der Waals surface area contributed by atoms with E-state index in [0.717, 1.165) is 18.7 Å². The Hall–Kier alpha value is -2.28. The third kappa shape index (κ3) is 2.63. The SMILES string of the molecule is CC(C)(CO)n1ccc2c(cnc3nc(C4CCCCC4)nn32)c1=O. The van der Waals surface area contributed by atoms with E-state index in [9.17, 15) is 9.90 Å². The summed E-state index contributed by atoms with van der Waals surface area (Å²) >= 11 is 0. The van der Waals surface area contributed by atoms with E-state index in [-0.39, 0.29) is 12.2 Å². The van der Waals surface area contributed by atoms with Gasteiger partial charge in [0.05, 0.1) is 23.0 Å². The molecule has 25 heavy (non-hydrogen) atoms. The molecule has 1 saturated carbocycles. The zero-order valence-corrected chi connectivity index (χ0v) is 14.6. The van der Waals surface area contributed by atoms with Crippen molar-refractivity contribution >= 4 is 16.7 Å². The fraction of sp³-hybridized carbons (Fsp3) is 0.556. The highest BCUT2D eigenvalue weighted by atomic mass is 16.3. The zero-order chi connectivity index (χ0) is 17.6. The van der Waals surface area contributed by atoms with Crippen LogP contribution >= 0.6 is 0 Å². The Bertz CT molecular complexity index is 982. The number of hydrogen-bond acceptors (Lipinski definition) is 5. The average molecular weight is 341 g/mol. The Morgan fingerprint density at radius 1 is 1.28 bits per heavy atom. The molecule has 0 aromatic carbocycles. The van der Waals surface area contributed by atoms with E-state index in [1.54, 1.807) is 21.5 Å². The predicted octanol–water partition coefficient (Wildman–Crippen LogP) is 2.21. The maximum atomic E-state index is 12.8. The Morgan fingerprint density at radius 2 is 2.04 bits per heavy atom. The number of fused-ring (bicyclic) bond motifs is 3. The highest BCUT2D eigenvalue weighted by molar-refractivity contribution is 5.78. The number of pyridine rings is 1. The molecule has 0 aliphatic heterocycles. The molecule has 1 aliphatic carbocycles. The lowest BCUT2D eigenvalue weighted by atomic mass is 9.89. The minimum absolute atomic E-state index is 0.122. The third-order valence-electron chi connectivity index (χ3n) is 5.26. The van der Waals surface area contributed by atoms with Crippen molar-refractivity contribution in [1.82, 2.24) is 24.1 Å². The highest BCUT2D eigenvalue weighted by Crippen LogP contribution is 2.31. The summed E-state index contributed by atoms with van der Waals surface area (Å²) in [6.07, 6.45) is 9.23. The van der Waals surface area contributed by atoms with E-state index in [4.69, 9.17) is 0 Å². The van der Waals surface area contributed by atoms with Crippen LogP contribution in [0.3, 0.4) is 0 Å². The van der Waals surface area contributed by atoms with Crippen LogP contribution in [0.25, 0.3) is 16.7 Å². The molecule has 3 heterocycles. The Morgan fingerprint density at radius 3 is 2.76 bits per heavy atom. The van der Waals surface area contributed by atoms with Gasteiger partial charge in [0, 0.05) is 18.3 Å². The summed E-state index contributed by atoms with van der Waals surface area (Å²) in [4.78, 5) is 21.8. The molecule has 0 atom stereocenters. The quantitative estimate of drug-likeness (QED) is 0.789. The van der Waals surface area contributed by atoms with Gasteiger partial charge in [0.1, 0.15) is 0 Å². The van der Waals surface area contributed by atoms with Crippen molar-refractivity contribution in [3.05, 3.63) is 34.6 Å². The molecule has 0 saturated heterocycles. The van der Waals surface area contributed by atoms with E-state index in [2.05, 4.69) is 15.1 Å². The summed E-state index contributed by atoms with van der Waals surface area (Å²) in [5, 5.41) is 14.7. The van der Waals surface area contributed by atoms with Gasteiger partial charge in [0.2, 0.25) is 0 Å². The summed E-state index contributed by atoms with van der Waals surface area (Å²) < 4.78 is 3.22. The van der Waals surface area contributed by atoms with Crippen LogP contribution < -0.4 is 5.56 Å². The van der Waals surface area contributed by atoms with E-state index < -0.39 is 5.54 Å². The van der Waals surface area contributed by atoms with Gasteiger partial charge >= 0.3 is 0 Å². The van der Waals surface area contributed by atoms with Crippen molar-refractivity contribution in [3.8, 4) is 0 Å². The topological polar surface area (TPSA) is 85.3 Å². The van der Waals surface area contributed by atoms with E-state index >= 15 is 0 Å². The molecule has 4 rings (SSSR count). The van der Waals surface area contributed by atoms with Gasteiger partial charge in [-0.05, 0) is 32.8 Å². The van der Waals surface area contributed by atoms with Crippen molar-refractivity contribution < 1.29 is 5.11 Å². The lowest BCUT2D eigenvalue weighted by molar-refractivity contribution is 0.161. The van der Waals surface area contributed by atoms with Crippen molar-refractivity contribution in [3.63, 3.8) is 0 Å². The van der Waals surface area contributed by atoms with Crippen LogP contribution in [0.4, 0.5) is 0 Å². The van der Waals surface area contributed by atoms with Crippen LogP contribution in [0, 0.1) is 0 Å². The summed E-state index contributed by atoms with van der Waals surface area (Å²) in [6, 6.07) is 1.85. The van der Waals surface area contributed by atoms with E-state index in [1.165, 1.54) is 19.3 Å². The van der Waals surface area contributed by atoms with Gasteiger partial charge in [-0.3, -0.25) is 4.79 Å². The van der Waals surface area contributed by atoms with Crippen molar-refractivity contribution in [1.29, 1.82) is 0 Å². The minimum Gasteiger partial charge on any atom is -0.394 e. The van der Waals surface area contributed by atoms with Gasteiger partial charge in [-0.25, -0.2) is 4.98 Å². The molecule has 3 aromatic rings. The second-order valence-electron chi connectivity index (χ2n) is 7.54. The lowest BCUT2D eigenvalue weighted by Crippen LogP contribution is -2.38. The van der Waals surface area contributed by atoms with Gasteiger partial charge in [-0.1, -0.05) is 19.3 Å². The molecule has 7 heteroatoms. The molecule has 1 N–H and O–H groups in total. The number of nitrogens with zero attached hydrogens (tertiary/aromatic N) is 5. The van der Waals surface area contributed by atoms with Crippen LogP contribution in [0.1, 0.15) is 57.7 Å². The van der Waals surface area contributed by atoms with Crippen molar-refractivity contribution in [2.24, 2.45) is 0 Å². The Balaban J connectivity index is 1.88. The van der Waals surface area contributed by atoms with Crippen LogP contribution in [-0.2, 0) is 5.54 Å². The first-order valence-corrected chi connectivity index (χ1v) is 8.90. The molecule has 132 valence electrons. The maximum Gasteiger partial charge on any atom is 0.262 e. The molecule has 3 aromatic heterocycles. The monoisotopic (exact) mass is 341 g/mol. The maximum absolute atomic E-state index is 12.8. The largest absolute Gasteiger partial charge is 0.394 e. The Kier molecular flexibility index (Phi) is 3.83. The highest BCUT2D eigenvalue weighted by Gasteiger charge is 2.23. The smallest absolute Gasteiger partial charge is 0.262 e. The van der Waals surface area contributed by atoms with Gasteiger partial charge in [-0.15, -0.1) is 5.10 Å². The molecule has 1 aliphatic rings. The standard InChI is InChI=1S/C18H23N5O2/c1-18(2,11-24)22-9-8-14-13(16(22)25)10-19-17-20-15(21-23(14)17)12-6-4-3-5-7-12/h8-10,12,24H,3-7,11H2,1-2H3. The van der Waals surface area contributed by atoms with Gasteiger partial charge in [0.15, 0.2) is 5.82 Å². The molecule has 0 spiro atoms. The van der Waals surface area contributed by atoms with Gasteiger partial charge in [-0.2, -0.15) is 9.50 Å². The summed E-state index contributed by atoms with van der Waals surface area (Å²) in [6.45, 7) is 3.52. The number of aliphatic hydroxyl groups excluding tert-OH is 1. The number of rotatable bonds is 3. The summed E-state index contributed by atoms with van der Waals surface area (Å²) in [5.41, 5.74) is -0.147. The molecule has 0 unspecified atom stereocenters. The van der Waals surface area contributed by atoms with Gasteiger partial charge < -0.3 is 9.67 Å². The predicted molar refractivity (Wildman–Crippen MR) is 94.8 cm³/mol.